The molecule has 1 heterocycles. The maximum absolute atomic E-state index is 13.6. The molecule has 1 saturated heterocycles. The Morgan fingerprint density at radius 2 is 1.67 bits per heavy atom. The summed E-state index contributed by atoms with van der Waals surface area (Å²) in [6.45, 7) is 1.61. The Balaban J connectivity index is 1.60. The molecular formula is C19H19FN2O2. The maximum Gasteiger partial charge on any atom is 0.253 e. The van der Waals surface area contributed by atoms with Crippen LogP contribution >= 0.6 is 0 Å². The fraction of sp³-hybridized carbons (Fsp3) is 0.263. The molecule has 124 valence electrons. The average molecular weight is 326 g/mol. The highest BCUT2D eigenvalue weighted by atomic mass is 19.1. The second-order valence-corrected chi connectivity index (χ2v) is 5.89. The van der Waals surface area contributed by atoms with Crippen molar-refractivity contribution in [1.29, 1.82) is 0 Å². The lowest BCUT2D eigenvalue weighted by Gasteiger charge is -2.15. The summed E-state index contributed by atoms with van der Waals surface area (Å²) in [6, 6.07) is 13.0. The summed E-state index contributed by atoms with van der Waals surface area (Å²) in [6.07, 6.45) is 2.08. The third-order valence-corrected chi connectivity index (χ3v) is 4.12. The second kappa shape index (κ2) is 7.25. The number of nitrogens with one attached hydrogen (secondary N) is 1. The van der Waals surface area contributed by atoms with Gasteiger partial charge in [-0.3, -0.25) is 9.59 Å². The van der Waals surface area contributed by atoms with Crippen molar-refractivity contribution in [2.45, 2.75) is 19.3 Å². The first-order valence-corrected chi connectivity index (χ1v) is 8.06. The van der Waals surface area contributed by atoms with Crippen LogP contribution in [0.4, 0.5) is 10.1 Å². The van der Waals surface area contributed by atoms with Crippen LogP contribution in [0.15, 0.2) is 48.5 Å². The first-order valence-electron chi connectivity index (χ1n) is 8.06. The summed E-state index contributed by atoms with van der Waals surface area (Å²) < 4.78 is 13.6. The lowest BCUT2D eigenvalue weighted by Crippen LogP contribution is -2.27. The van der Waals surface area contributed by atoms with Gasteiger partial charge in [0, 0.05) is 24.3 Å². The van der Waals surface area contributed by atoms with Gasteiger partial charge in [0.05, 0.1) is 6.42 Å². The van der Waals surface area contributed by atoms with Gasteiger partial charge >= 0.3 is 0 Å². The molecule has 0 aliphatic carbocycles. The van der Waals surface area contributed by atoms with Gasteiger partial charge in [0.25, 0.3) is 5.91 Å². The second-order valence-electron chi connectivity index (χ2n) is 5.89. The molecule has 2 amide bonds. The Morgan fingerprint density at radius 3 is 2.33 bits per heavy atom. The molecule has 0 spiro atoms. The number of nitrogens with zero attached hydrogens (tertiary/aromatic N) is 1. The third-order valence-electron chi connectivity index (χ3n) is 4.12. The van der Waals surface area contributed by atoms with Crippen molar-refractivity contribution in [3.8, 4) is 0 Å². The summed E-state index contributed by atoms with van der Waals surface area (Å²) in [5.74, 6) is -0.658. The zero-order valence-corrected chi connectivity index (χ0v) is 13.3. The van der Waals surface area contributed by atoms with Crippen LogP contribution in [0.3, 0.4) is 0 Å². The molecule has 0 saturated carbocycles. The first-order chi connectivity index (χ1) is 11.6. The Kier molecular flexibility index (Phi) is 4.89. The Morgan fingerprint density at radius 1 is 1.00 bits per heavy atom. The first kappa shape index (κ1) is 16.2. The van der Waals surface area contributed by atoms with E-state index in [1.165, 1.54) is 6.07 Å². The number of amides is 2. The maximum atomic E-state index is 13.6. The summed E-state index contributed by atoms with van der Waals surface area (Å²) >= 11 is 0. The van der Waals surface area contributed by atoms with E-state index in [0.717, 1.165) is 25.9 Å². The molecule has 5 heteroatoms. The summed E-state index contributed by atoms with van der Waals surface area (Å²) in [5, 5.41) is 2.72. The summed E-state index contributed by atoms with van der Waals surface area (Å²) in [7, 11) is 0. The van der Waals surface area contributed by atoms with E-state index in [-0.39, 0.29) is 24.1 Å². The van der Waals surface area contributed by atoms with E-state index >= 15 is 0 Å². The number of rotatable bonds is 4. The Labute approximate surface area is 140 Å². The fourth-order valence-corrected chi connectivity index (χ4v) is 2.82. The zero-order valence-electron chi connectivity index (χ0n) is 13.3. The molecule has 1 N–H and O–H groups in total. The van der Waals surface area contributed by atoms with Crippen LogP contribution in [0.1, 0.15) is 28.8 Å². The molecular weight excluding hydrogens is 307 g/mol. The number of carbonyl (C=O) groups excluding carboxylic acids is 2. The van der Waals surface area contributed by atoms with Crippen LogP contribution in [0.2, 0.25) is 0 Å². The van der Waals surface area contributed by atoms with Gasteiger partial charge in [0.2, 0.25) is 5.91 Å². The van der Waals surface area contributed by atoms with Gasteiger partial charge in [-0.25, -0.2) is 4.39 Å². The number of hydrogen-bond donors (Lipinski definition) is 1. The molecule has 3 rings (SSSR count). The molecule has 2 aromatic rings. The van der Waals surface area contributed by atoms with E-state index < -0.39 is 0 Å². The summed E-state index contributed by atoms with van der Waals surface area (Å²) in [5.41, 5.74) is 1.56. The van der Waals surface area contributed by atoms with Crippen molar-refractivity contribution in [1.82, 2.24) is 4.90 Å². The van der Waals surface area contributed by atoms with Crippen LogP contribution in [0, 0.1) is 5.82 Å². The number of likely N-dealkylation sites (tertiary alicyclic amines) is 1. The number of anilines is 1. The van der Waals surface area contributed by atoms with E-state index in [9.17, 15) is 14.0 Å². The van der Waals surface area contributed by atoms with Gasteiger partial charge in [-0.05, 0) is 48.7 Å². The monoisotopic (exact) mass is 326 g/mol. The number of carbonyl (C=O) groups is 2. The van der Waals surface area contributed by atoms with Gasteiger partial charge < -0.3 is 10.2 Å². The van der Waals surface area contributed by atoms with Crippen molar-refractivity contribution in [3.63, 3.8) is 0 Å². The van der Waals surface area contributed by atoms with Crippen LogP contribution in [0.25, 0.3) is 0 Å². The van der Waals surface area contributed by atoms with Crippen LogP contribution in [-0.2, 0) is 11.2 Å². The molecule has 0 aromatic heterocycles. The topological polar surface area (TPSA) is 49.4 Å². The number of benzene rings is 2. The van der Waals surface area contributed by atoms with Crippen molar-refractivity contribution >= 4 is 17.5 Å². The Bertz CT molecular complexity index is 737. The minimum absolute atomic E-state index is 0.0248. The average Bonchev–Trinajstić information content (AvgIpc) is 3.11. The lowest BCUT2D eigenvalue weighted by molar-refractivity contribution is -0.115. The molecule has 2 aromatic carbocycles. The molecule has 0 bridgehead atoms. The standard InChI is InChI=1S/C19H19FN2O2/c20-17-6-2-1-5-15(17)13-18(23)21-16-9-7-14(8-10-16)19(24)22-11-3-4-12-22/h1-2,5-10H,3-4,11-13H2,(H,21,23). The predicted octanol–water partition coefficient (Wildman–Crippen LogP) is 3.24. The zero-order chi connectivity index (χ0) is 16.9. The van der Waals surface area contributed by atoms with E-state index in [2.05, 4.69) is 5.32 Å². The smallest absolute Gasteiger partial charge is 0.253 e. The fourth-order valence-electron chi connectivity index (χ4n) is 2.82. The largest absolute Gasteiger partial charge is 0.339 e. The van der Waals surface area contributed by atoms with Crippen LogP contribution < -0.4 is 5.32 Å². The highest BCUT2D eigenvalue weighted by Crippen LogP contribution is 2.16. The molecule has 4 nitrogen and oxygen atoms in total. The SMILES string of the molecule is O=C(Cc1ccccc1F)Nc1ccc(C(=O)N2CCCC2)cc1. The minimum Gasteiger partial charge on any atom is -0.339 e. The van der Waals surface area contributed by atoms with E-state index in [4.69, 9.17) is 0 Å². The van der Waals surface area contributed by atoms with Crippen LogP contribution in [0.5, 0.6) is 0 Å². The van der Waals surface area contributed by atoms with Crippen molar-refractivity contribution < 1.29 is 14.0 Å². The van der Waals surface area contributed by atoms with Gasteiger partial charge in [0.1, 0.15) is 5.82 Å². The van der Waals surface area contributed by atoms with Crippen molar-refractivity contribution in [3.05, 3.63) is 65.5 Å². The van der Waals surface area contributed by atoms with Gasteiger partial charge in [-0.1, -0.05) is 18.2 Å². The van der Waals surface area contributed by atoms with E-state index in [0.29, 0.717) is 16.8 Å². The molecule has 1 aliphatic rings. The quantitative estimate of drug-likeness (QED) is 0.938. The van der Waals surface area contributed by atoms with E-state index in [1.807, 2.05) is 4.90 Å². The van der Waals surface area contributed by atoms with Crippen LogP contribution in [-0.4, -0.2) is 29.8 Å². The van der Waals surface area contributed by atoms with Crippen molar-refractivity contribution in [2.24, 2.45) is 0 Å². The molecule has 1 aliphatic heterocycles. The van der Waals surface area contributed by atoms with Gasteiger partial charge in [-0.2, -0.15) is 0 Å². The highest BCUT2D eigenvalue weighted by molar-refractivity contribution is 5.96. The van der Waals surface area contributed by atoms with Crippen molar-refractivity contribution in [2.75, 3.05) is 18.4 Å². The minimum atomic E-state index is -0.390. The third kappa shape index (κ3) is 3.79. The molecule has 0 unspecified atom stereocenters. The summed E-state index contributed by atoms with van der Waals surface area (Å²) in [4.78, 5) is 26.1. The number of hydrogen-bond acceptors (Lipinski definition) is 2. The molecule has 1 fully saturated rings. The number of halogens is 1. The molecule has 24 heavy (non-hydrogen) atoms. The Hall–Kier alpha value is -2.69. The van der Waals surface area contributed by atoms with Gasteiger partial charge in [0.15, 0.2) is 0 Å². The van der Waals surface area contributed by atoms with Gasteiger partial charge in [-0.15, -0.1) is 0 Å². The van der Waals surface area contributed by atoms with E-state index in [1.54, 1.807) is 42.5 Å². The molecule has 0 radical (unpaired) electrons. The molecule has 0 atom stereocenters. The normalized spacial score (nSPS) is 13.8. The lowest BCUT2D eigenvalue weighted by atomic mass is 10.1. The predicted molar refractivity (Wildman–Crippen MR) is 90.3 cm³/mol. The highest BCUT2D eigenvalue weighted by Gasteiger charge is 2.19.